The van der Waals surface area contributed by atoms with Gasteiger partial charge in [-0.25, -0.2) is 0 Å². The third kappa shape index (κ3) is 3.47. The first-order valence-electron chi connectivity index (χ1n) is 11.1. The number of methoxy groups -OCH3 is 1. The van der Waals surface area contributed by atoms with E-state index in [0.29, 0.717) is 25.3 Å². The Morgan fingerprint density at radius 1 is 1.06 bits per heavy atom. The summed E-state index contributed by atoms with van der Waals surface area (Å²) in [5.41, 5.74) is 0.813. The van der Waals surface area contributed by atoms with Gasteiger partial charge in [0.05, 0.1) is 18.9 Å². The predicted molar refractivity (Wildman–Crippen MR) is 125 cm³/mol. The molecule has 33 heavy (non-hydrogen) atoms. The third-order valence-corrected chi connectivity index (χ3v) is 7.83. The van der Waals surface area contributed by atoms with Gasteiger partial charge in [-0.3, -0.25) is 24.6 Å². The lowest BCUT2D eigenvalue weighted by Crippen LogP contribution is -2.63. The predicted octanol–water partition coefficient (Wildman–Crippen LogP) is 2.89. The molecule has 5 rings (SSSR count). The molecule has 3 aliphatic rings. The minimum atomic E-state index is -1.08. The van der Waals surface area contributed by atoms with E-state index in [0.717, 1.165) is 22.0 Å². The first-order chi connectivity index (χ1) is 15.9. The van der Waals surface area contributed by atoms with Gasteiger partial charge in [-0.05, 0) is 48.2 Å². The number of carbonyl (C=O) groups is 3. The second-order valence-electron chi connectivity index (χ2n) is 9.06. The zero-order valence-electron chi connectivity index (χ0n) is 18.6. The van der Waals surface area contributed by atoms with Crippen molar-refractivity contribution in [1.82, 2.24) is 15.1 Å². The van der Waals surface area contributed by atoms with Crippen LogP contribution in [0, 0.1) is 11.8 Å². The molecule has 2 aromatic carbocycles. The van der Waals surface area contributed by atoms with E-state index in [2.05, 4.69) is 21.2 Å². The molecule has 3 aliphatic heterocycles. The van der Waals surface area contributed by atoms with Crippen molar-refractivity contribution in [3.63, 3.8) is 0 Å². The highest BCUT2D eigenvalue weighted by atomic mass is 79.9. The summed E-state index contributed by atoms with van der Waals surface area (Å²) in [5, 5.41) is 3.51. The number of hydrogen-bond acceptors (Lipinski definition) is 5. The van der Waals surface area contributed by atoms with Gasteiger partial charge in [-0.2, -0.15) is 0 Å². The molecule has 3 amide bonds. The summed E-state index contributed by atoms with van der Waals surface area (Å²) in [4.78, 5) is 43.4. The third-order valence-electron chi connectivity index (χ3n) is 7.30. The van der Waals surface area contributed by atoms with Crippen molar-refractivity contribution in [2.24, 2.45) is 11.8 Å². The van der Waals surface area contributed by atoms with Gasteiger partial charge in [0.1, 0.15) is 11.3 Å². The van der Waals surface area contributed by atoms with Crippen LogP contribution in [-0.4, -0.2) is 53.8 Å². The first-order valence-corrected chi connectivity index (χ1v) is 11.9. The van der Waals surface area contributed by atoms with E-state index >= 15 is 0 Å². The number of likely N-dealkylation sites (tertiary alicyclic amines) is 2. The zero-order valence-corrected chi connectivity index (χ0v) is 20.2. The van der Waals surface area contributed by atoms with Crippen LogP contribution in [0.4, 0.5) is 0 Å². The van der Waals surface area contributed by atoms with Crippen LogP contribution in [0.1, 0.15) is 30.0 Å². The number of ether oxygens (including phenoxy) is 1. The summed E-state index contributed by atoms with van der Waals surface area (Å²) in [6.45, 7) is 1.10. The monoisotopic (exact) mass is 511 g/mol. The number of piperidine rings is 1. The molecule has 3 heterocycles. The minimum absolute atomic E-state index is 0.0980. The maximum Gasteiger partial charge on any atom is 0.244 e. The van der Waals surface area contributed by atoms with Crippen LogP contribution in [-0.2, 0) is 20.9 Å². The van der Waals surface area contributed by atoms with E-state index in [1.165, 1.54) is 11.9 Å². The molecule has 172 valence electrons. The Kier molecular flexibility index (Phi) is 5.53. The second kappa shape index (κ2) is 8.25. The summed E-state index contributed by atoms with van der Waals surface area (Å²) < 4.78 is 6.25. The Morgan fingerprint density at radius 3 is 2.42 bits per heavy atom. The minimum Gasteiger partial charge on any atom is -0.497 e. The Bertz CT molecular complexity index is 1100. The lowest BCUT2D eigenvalue weighted by atomic mass is 9.74. The van der Waals surface area contributed by atoms with Crippen molar-refractivity contribution in [3.8, 4) is 5.75 Å². The molecular formula is C25H26BrN3O4. The molecule has 0 aliphatic carbocycles. The topological polar surface area (TPSA) is 79.0 Å². The van der Waals surface area contributed by atoms with E-state index in [9.17, 15) is 14.4 Å². The second-order valence-corrected chi connectivity index (χ2v) is 9.98. The van der Waals surface area contributed by atoms with Crippen molar-refractivity contribution in [2.75, 3.05) is 20.7 Å². The fourth-order valence-electron chi connectivity index (χ4n) is 5.67. The van der Waals surface area contributed by atoms with Crippen molar-refractivity contribution in [1.29, 1.82) is 0 Å². The highest BCUT2D eigenvalue weighted by molar-refractivity contribution is 9.10. The van der Waals surface area contributed by atoms with Crippen LogP contribution in [0.5, 0.6) is 5.75 Å². The molecule has 0 bridgehead atoms. The summed E-state index contributed by atoms with van der Waals surface area (Å²) in [6, 6.07) is 14.9. The smallest absolute Gasteiger partial charge is 0.244 e. The average Bonchev–Trinajstić information content (AvgIpc) is 3.28. The molecular weight excluding hydrogens is 486 g/mol. The molecule has 4 atom stereocenters. The van der Waals surface area contributed by atoms with Crippen LogP contribution < -0.4 is 10.1 Å². The van der Waals surface area contributed by atoms with Gasteiger partial charge in [0.2, 0.25) is 17.7 Å². The van der Waals surface area contributed by atoms with Gasteiger partial charge in [-0.15, -0.1) is 0 Å². The number of fused-ring (bicyclic) bond motifs is 2. The van der Waals surface area contributed by atoms with Crippen LogP contribution in [0.3, 0.4) is 0 Å². The van der Waals surface area contributed by atoms with E-state index in [1.54, 1.807) is 7.11 Å². The highest BCUT2D eigenvalue weighted by Crippen LogP contribution is 2.51. The number of imide groups is 1. The van der Waals surface area contributed by atoms with Gasteiger partial charge in [0.15, 0.2) is 0 Å². The molecule has 1 spiro atoms. The van der Waals surface area contributed by atoms with E-state index < -0.39 is 23.4 Å². The average molecular weight is 512 g/mol. The number of nitrogens with zero attached hydrogens (tertiary/aromatic N) is 2. The molecule has 3 saturated heterocycles. The molecule has 7 nitrogen and oxygen atoms in total. The number of hydrogen-bond donors (Lipinski definition) is 1. The van der Waals surface area contributed by atoms with Gasteiger partial charge < -0.3 is 9.64 Å². The maximum atomic E-state index is 14.0. The standard InChI is InChI=1S/C25H26BrN3O4/c1-28-22(30)19-20(23(28)31)25(27-21(19)16-6-10-18(33-2)11-7-16)12-3-13-29(24(25)32)14-15-4-8-17(26)9-5-15/h4-11,19-21,27H,3,12-14H2,1-2H3/t19-,20-,21-,25-/m1/s1. The molecule has 0 radical (unpaired) electrons. The summed E-state index contributed by atoms with van der Waals surface area (Å²) in [7, 11) is 3.12. The van der Waals surface area contributed by atoms with Gasteiger partial charge >= 0.3 is 0 Å². The molecule has 2 aromatic rings. The fraction of sp³-hybridized carbons (Fsp3) is 0.400. The van der Waals surface area contributed by atoms with Crippen LogP contribution >= 0.6 is 15.9 Å². The van der Waals surface area contributed by atoms with Crippen molar-refractivity contribution in [3.05, 3.63) is 64.1 Å². The van der Waals surface area contributed by atoms with E-state index in [1.807, 2.05) is 53.4 Å². The maximum absolute atomic E-state index is 14.0. The highest BCUT2D eigenvalue weighted by Gasteiger charge is 2.68. The molecule has 8 heteroatoms. The number of benzene rings is 2. The largest absolute Gasteiger partial charge is 0.497 e. The van der Waals surface area contributed by atoms with Gasteiger partial charge in [-0.1, -0.05) is 40.2 Å². The SMILES string of the molecule is COc1ccc([C@H]2N[C@]3(CCCN(Cc4ccc(Br)cc4)C3=O)[C@H]3C(=O)N(C)C(=O)[C@@H]23)cc1. The Labute approximate surface area is 201 Å². The zero-order chi connectivity index (χ0) is 23.3. The quantitative estimate of drug-likeness (QED) is 0.638. The van der Waals surface area contributed by atoms with Crippen LogP contribution in [0.2, 0.25) is 0 Å². The van der Waals surface area contributed by atoms with Crippen LogP contribution in [0.25, 0.3) is 0 Å². The van der Waals surface area contributed by atoms with Gasteiger partial charge in [0.25, 0.3) is 0 Å². The Hall–Kier alpha value is -2.71. The van der Waals surface area contributed by atoms with Crippen molar-refractivity contribution < 1.29 is 19.1 Å². The van der Waals surface area contributed by atoms with Gasteiger partial charge in [0, 0.05) is 30.7 Å². The normalized spacial score (nSPS) is 29.2. The first kappa shape index (κ1) is 22.1. The summed E-state index contributed by atoms with van der Waals surface area (Å²) >= 11 is 3.45. The molecule has 0 unspecified atom stereocenters. The number of carbonyl (C=O) groups excluding carboxylic acids is 3. The fourth-order valence-corrected chi connectivity index (χ4v) is 5.94. The Morgan fingerprint density at radius 2 is 1.76 bits per heavy atom. The molecule has 0 saturated carbocycles. The summed E-state index contributed by atoms with van der Waals surface area (Å²) in [5.74, 6) is -1.20. The molecule has 3 fully saturated rings. The number of nitrogens with one attached hydrogen (secondary N) is 1. The number of halogens is 1. The molecule has 0 aromatic heterocycles. The number of amides is 3. The van der Waals surface area contributed by atoms with Crippen LogP contribution in [0.15, 0.2) is 53.0 Å². The number of rotatable bonds is 4. The van der Waals surface area contributed by atoms with E-state index in [4.69, 9.17) is 4.74 Å². The van der Waals surface area contributed by atoms with Crippen molar-refractivity contribution >= 4 is 33.7 Å². The summed E-state index contributed by atoms with van der Waals surface area (Å²) in [6.07, 6.45) is 1.29. The Balaban J connectivity index is 1.51. The van der Waals surface area contributed by atoms with E-state index in [-0.39, 0.29) is 17.7 Å². The molecule has 1 N–H and O–H groups in total. The lowest BCUT2D eigenvalue weighted by Gasteiger charge is -2.42. The van der Waals surface area contributed by atoms with Crippen molar-refractivity contribution in [2.45, 2.75) is 31.0 Å². The lowest BCUT2D eigenvalue weighted by molar-refractivity contribution is -0.149.